The number of rotatable bonds is 1. The maximum Gasteiger partial charge on any atom is 0.354 e. The average molecular weight is 162 g/mol. The second-order valence-corrected chi connectivity index (χ2v) is 2.52. The van der Waals surface area contributed by atoms with Gasteiger partial charge < -0.3 is 5.11 Å². The van der Waals surface area contributed by atoms with Gasteiger partial charge in [0.05, 0.1) is 5.92 Å². The molecule has 1 N–H and O–H groups in total. The third-order valence-electron chi connectivity index (χ3n) is 1.71. The molecule has 0 aromatic heterocycles. The van der Waals surface area contributed by atoms with Gasteiger partial charge in [-0.3, -0.25) is 0 Å². The molecule has 0 unspecified atom stereocenters. The van der Waals surface area contributed by atoms with Crippen molar-refractivity contribution in [1.82, 2.24) is 0 Å². The first kappa shape index (κ1) is 6.97. The highest BCUT2D eigenvalue weighted by Crippen LogP contribution is 2.16. The zero-order valence-corrected chi connectivity index (χ0v) is 6.14. The molecule has 0 aromatic carbocycles. The fraction of sp³-hybridized carbons (Fsp3) is 0.125. The largest absolute Gasteiger partial charge is 0.477 e. The van der Waals surface area contributed by atoms with Crippen molar-refractivity contribution >= 4 is 17.5 Å². The number of dihydropyridines is 1. The van der Waals surface area contributed by atoms with Gasteiger partial charge in [-0.1, -0.05) is 12.2 Å². The van der Waals surface area contributed by atoms with E-state index >= 15 is 0 Å². The molecule has 0 saturated carbocycles. The zero-order chi connectivity index (χ0) is 8.55. The summed E-state index contributed by atoms with van der Waals surface area (Å²) < 4.78 is 0. The highest BCUT2D eigenvalue weighted by atomic mass is 16.4. The molecule has 4 nitrogen and oxygen atoms in total. The van der Waals surface area contributed by atoms with Crippen LogP contribution in [-0.4, -0.2) is 22.6 Å². The molecule has 0 saturated heterocycles. The van der Waals surface area contributed by atoms with E-state index in [1.54, 1.807) is 12.3 Å². The van der Waals surface area contributed by atoms with E-state index in [4.69, 9.17) is 5.11 Å². The summed E-state index contributed by atoms with van der Waals surface area (Å²) in [7, 11) is 0. The third-order valence-corrected chi connectivity index (χ3v) is 1.71. The van der Waals surface area contributed by atoms with Crippen molar-refractivity contribution in [3.63, 3.8) is 0 Å². The number of fused-ring (bicyclic) bond motifs is 1. The van der Waals surface area contributed by atoms with E-state index in [1.807, 2.05) is 6.08 Å². The Morgan fingerprint density at radius 3 is 3.08 bits per heavy atom. The van der Waals surface area contributed by atoms with Gasteiger partial charge in [0.15, 0.2) is 0 Å². The Morgan fingerprint density at radius 2 is 2.33 bits per heavy atom. The van der Waals surface area contributed by atoms with Crippen molar-refractivity contribution in [2.45, 2.75) is 0 Å². The van der Waals surface area contributed by atoms with Crippen LogP contribution in [0.4, 0.5) is 0 Å². The number of hydrogen-bond acceptors (Lipinski definition) is 3. The van der Waals surface area contributed by atoms with Gasteiger partial charge in [-0.2, -0.15) is 0 Å². The lowest BCUT2D eigenvalue weighted by Crippen LogP contribution is -2.19. The van der Waals surface area contributed by atoms with Gasteiger partial charge in [0.25, 0.3) is 0 Å². The Labute approximate surface area is 68.6 Å². The molecule has 1 atom stereocenters. The second-order valence-electron chi connectivity index (χ2n) is 2.52. The molecule has 12 heavy (non-hydrogen) atoms. The van der Waals surface area contributed by atoms with Crippen LogP contribution in [0.3, 0.4) is 0 Å². The van der Waals surface area contributed by atoms with E-state index in [2.05, 4.69) is 9.98 Å². The number of amidine groups is 1. The van der Waals surface area contributed by atoms with Gasteiger partial charge in [-0.05, 0) is 6.08 Å². The minimum absolute atomic E-state index is 0.0497. The van der Waals surface area contributed by atoms with Gasteiger partial charge in [-0.25, -0.2) is 14.8 Å². The molecule has 60 valence electrons. The number of nitrogens with zero attached hydrogens (tertiary/aromatic N) is 2. The van der Waals surface area contributed by atoms with E-state index in [-0.39, 0.29) is 11.6 Å². The average Bonchev–Trinajstić information content (AvgIpc) is 2.49. The van der Waals surface area contributed by atoms with Crippen molar-refractivity contribution in [1.29, 1.82) is 0 Å². The van der Waals surface area contributed by atoms with E-state index in [0.29, 0.717) is 5.84 Å². The fourth-order valence-electron chi connectivity index (χ4n) is 1.11. The zero-order valence-electron chi connectivity index (χ0n) is 6.14. The maximum atomic E-state index is 10.5. The molecule has 0 bridgehead atoms. The maximum absolute atomic E-state index is 10.5. The van der Waals surface area contributed by atoms with Gasteiger partial charge in [0, 0.05) is 6.20 Å². The smallest absolute Gasteiger partial charge is 0.354 e. The molecular weight excluding hydrogens is 156 g/mol. The summed E-state index contributed by atoms with van der Waals surface area (Å²) in [5.41, 5.74) is 0.0497. The minimum atomic E-state index is -1.01. The summed E-state index contributed by atoms with van der Waals surface area (Å²) in [6.07, 6.45) is 6.78. The lowest BCUT2D eigenvalue weighted by Gasteiger charge is -2.07. The molecule has 4 heteroatoms. The Bertz CT molecular complexity index is 350. The SMILES string of the molecule is O=C(O)C1=NC2=NC=C[C@@H]2C=C1. The predicted molar refractivity (Wildman–Crippen MR) is 44.3 cm³/mol. The highest BCUT2D eigenvalue weighted by Gasteiger charge is 2.20. The van der Waals surface area contributed by atoms with Crippen LogP contribution in [0.1, 0.15) is 0 Å². The van der Waals surface area contributed by atoms with Gasteiger partial charge in [0.1, 0.15) is 11.5 Å². The Balaban J connectivity index is 2.34. The van der Waals surface area contributed by atoms with Crippen molar-refractivity contribution in [2.24, 2.45) is 15.9 Å². The Hall–Kier alpha value is -1.71. The quantitative estimate of drug-likeness (QED) is 0.614. The first-order valence-corrected chi connectivity index (χ1v) is 3.52. The van der Waals surface area contributed by atoms with E-state index in [0.717, 1.165) is 0 Å². The lowest BCUT2D eigenvalue weighted by molar-refractivity contribution is -0.129. The van der Waals surface area contributed by atoms with Crippen LogP contribution in [0.5, 0.6) is 0 Å². The minimum Gasteiger partial charge on any atom is -0.477 e. The number of aliphatic carboxylic acids is 1. The summed E-state index contributed by atoms with van der Waals surface area (Å²) in [5.74, 6) is -0.373. The normalized spacial score (nSPS) is 24.8. The summed E-state index contributed by atoms with van der Waals surface area (Å²) >= 11 is 0. The monoisotopic (exact) mass is 162 g/mol. The number of carboxylic acid groups (broad SMARTS) is 1. The van der Waals surface area contributed by atoms with Crippen LogP contribution in [-0.2, 0) is 4.79 Å². The Kier molecular flexibility index (Phi) is 1.40. The van der Waals surface area contributed by atoms with Crippen molar-refractivity contribution in [3.8, 4) is 0 Å². The van der Waals surface area contributed by atoms with Crippen molar-refractivity contribution in [2.75, 3.05) is 0 Å². The lowest BCUT2D eigenvalue weighted by atomic mass is 10.1. The second kappa shape index (κ2) is 2.41. The van der Waals surface area contributed by atoms with Crippen LogP contribution >= 0.6 is 0 Å². The standard InChI is InChI=1S/C8H6N2O2/c11-8(12)6-2-1-5-3-4-9-7(5)10-6/h1-5H,(H,11,12)/t5-/m0/s1. The predicted octanol–water partition coefficient (Wildman–Crippen LogP) is 0.624. The molecule has 2 heterocycles. The van der Waals surface area contributed by atoms with Gasteiger partial charge >= 0.3 is 5.97 Å². The van der Waals surface area contributed by atoms with Crippen LogP contribution in [0.15, 0.2) is 34.4 Å². The molecule has 0 aromatic rings. The summed E-state index contributed by atoms with van der Waals surface area (Å²) in [6, 6.07) is 0. The van der Waals surface area contributed by atoms with E-state index < -0.39 is 5.97 Å². The van der Waals surface area contributed by atoms with Crippen LogP contribution < -0.4 is 0 Å². The molecule has 0 amide bonds. The summed E-state index contributed by atoms with van der Waals surface area (Å²) in [5, 5.41) is 8.60. The summed E-state index contributed by atoms with van der Waals surface area (Å²) in [4.78, 5) is 18.3. The topological polar surface area (TPSA) is 62.0 Å². The van der Waals surface area contributed by atoms with Crippen LogP contribution in [0.25, 0.3) is 0 Å². The summed E-state index contributed by atoms with van der Waals surface area (Å²) in [6.45, 7) is 0. The van der Waals surface area contributed by atoms with Crippen LogP contribution in [0.2, 0.25) is 0 Å². The number of aliphatic imine (C=N–C) groups is 2. The Morgan fingerprint density at radius 1 is 1.50 bits per heavy atom. The van der Waals surface area contributed by atoms with E-state index in [9.17, 15) is 4.79 Å². The third kappa shape index (κ3) is 0.972. The molecule has 2 aliphatic heterocycles. The molecule has 0 spiro atoms. The molecule has 0 radical (unpaired) electrons. The van der Waals surface area contributed by atoms with Crippen molar-refractivity contribution in [3.05, 3.63) is 24.4 Å². The number of carbonyl (C=O) groups is 1. The first-order chi connectivity index (χ1) is 5.77. The molecule has 0 aliphatic carbocycles. The number of hydrogen-bond donors (Lipinski definition) is 1. The molecule has 0 fully saturated rings. The van der Waals surface area contributed by atoms with Gasteiger partial charge in [-0.15, -0.1) is 0 Å². The molecule has 2 aliphatic rings. The van der Waals surface area contributed by atoms with Crippen LogP contribution in [0, 0.1) is 5.92 Å². The first-order valence-electron chi connectivity index (χ1n) is 3.52. The fourth-order valence-corrected chi connectivity index (χ4v) is 1.11. The van der Waals surface area contributed by atoms with Gasteiger partial charge in [0.2, 0.25) is 0 Å². The van der Waals surface area contributed by atoms with Crippen molar-refractivity contribution < 1.29 is 9.90 Å². The molecular formula is C8H6N2O2. The highest BCUT2D eigenvalue weighted by molar-refractivity contribution is 6.42. The molecule has 2 rings (SSSR count). The number of carboxylic acids is 1. The van der Waals surface area contributed by atoms with E-state index in [1.165, 1.54) is 6.08 Å².